The topological polar surface area (TPSA) is 229 Å². The minimum atomic E-state index is -3.93. The van der Waals surface area contributed by atoms with Crippen LogP contribution in [0.1, 0.15) is 99.4 Å². The van der Waals surface area contributed by atoms with Crippen molar-refractivity contribution in [1.82, 2.24) is 30.2 Å². The lowest BCUT2D eigenvalue weighted by atomic mass is 9.85. The summed E-state index contributed by atoms with van der Waals surface area (Å²) in [5.74, 6) is -1.91. The maximum absolute atomic E-state index is 14.8. The van der Waals surface area contributed by atoms with Gasteiger partial charge in [-0.3, -0.25) is 19.1 Å². The number of alkyl carbamates (subject to hydrolysis) is 1. The summed E-state index contributed by atoms with van der Waals surface area (Å²) in [6.07, 6.45) is -0.227. The van der Waals surface area contributed by atoms with E-state index < -0.39 is 79.4 Å². The number of hydrogen-bond donors (Lipinski definition) is 4. The lowest BCUT2D eigenvalue weighted by Crippen LogP contribution is -2.60. The first-order valence-electron chi connectivity index (χ1n) is 20.9. The Kier molecular flexibility index (Phi) is 12.0. The number of hydrogen-bond acceptors (Lipinski definition) is 14. The number of likely N-dealkylation sites (tertiary alicyclic amines) is 1. The molecule has 63 heavy (non-hydrogen) atoms. The van der Waals surface area contributed by atoms with Gasteiger partial charge < -0.3 is 39.3 Å². The first kappa shape index (κ1) is 46.3. The van der Waals surface area contributed by atoms with E-state index in [2.05, 4.69) is 20.3 Å². The maximum atomic E-state index is 14.8. The van der Waals surface area contributed by atoms with E-state index in [4.69, 9.17) is 35.2 Å². The number of halogens is 1. The molecule has 2 saturated carbocycles. The highest BCUT2D eigenvalue weighted by molar-refractivity contribution is 7.91. The van der Waals surface area contributed by atoms with Crippen LogP contribution in [-0.2, 0) is 34.7 Å². The highest BCUT2D eigenvalue weighted by atomic mass is 35.5. The van der Waals surface area contributed by atoms with Gasteiger partial charge in [0.15, 0.2) is 11.3 Å². The number of benzene rings is 1. The number of nitrogens with one attached hydrogen (secondary N) is 3. The van der Waals surface area contributed by atoms with Crippen LogP contribution in [0, 0.1) is 11.3 Å². The standard InChI is InChI=1S/C43H55ClN6O11S2/c1-11-21-18-43(21,37(53)49-63(56,57)23-12-13-23)48-35(51)26-16-22(19-50(26)36(52)34(40(2,3)4)47-39(54)61-41(5,6)7)59-29-17-24(25-20-62-38(46-25)42(8,9)55)45-32-30-27(60-33(29)32)14-15-28(58-10)31(30)44/h14-15,17,20-23,26,34,55H,11-13,16,18-19H2,1-10H3,(H,47,54)(H,48,51)(H,49,53). The van der Waals surface area contributed by atoms with Crippen LogP contribution in [-0.4, -0.2) is 100 Å². The number of carbonyl (C=O) groups excluding carboxylic acids is 4. The van der Waals surface area contributed by atoms with Gasteiger partial charge in [0.25, 0.3) is 5.91 Å². The van der Waals surface area contributed by atoms with Gasteiger partial charge in [-0.1, -0.05) is 45.7 Å². The molecule has 0 spiro atoms. The molecule has 1 aliphatic heterocycles. The molecule has 1 saturated heterocycles. The Morgan fingerprint density at radius 2 is 1.76 bits per heavy atom. The summed E-state index contributed by atoms with van der Waals surface area (Å²) in [7, 11) is -2.45. The Hall–Kier alpha value is -4.72. The normalized spacial score (nSPS) is 22.2. The van der Waals surface area contributed by atoms with Crippen LogP contribution in [0.3, 0.4) is 0 Å². The van der Waals surface area contributed by atoms with Crippen molar-refractivity contribution in [2.75, 3.05) is 13.7 Å². The van der Waals surface area contributed by atoms with Gasteiger partial charge in [0.2, 0.25) is 21.8 Å². The smallest absolute Gasteiger partial charge is 0.408 e. The Morgan fingerprint density at radius 3 is 2.33 bits per heavy atom. The van der Waals surface area contributed by atoms with E-state index in [1.165, 1.54) is 23.3 Å². The average Bonchev–Trinajstić information content (AvgIpc) is 3.99. The van der Waals surface area contributed by atoms with Gasteiger partial charge in [0.05, 0.1) is 35.0 Å². The molecule has 1 aromatic carbocycles. The van der Waals surface area contributed by atoms with Crippen molar-refractivity contribution in [2.24, 2.45) is 11.3 Å². The van der Waals surface area contributed by atoms with Crippen LogP contribution >= 0.6 is 22.9 Å². The van der Waals surface area contributed by atoms with Crippen molar-refractivity contribution >= 4 is 78.8 Å². The summed E-state index contributed by atoms with van der Waals surface area (Å²) in [5, 5.41) is 18.5. The van der Waals surface area contributed by atoms with Crippen LogP contribution in [0.5, 0.6) is 11.5 Å². The number of rotatable bonds is 13. The van der Waals surface area contributed by atoms with E-state index >= 15 is 0 Å². The second-order valence-electron chi connectivity index (χ2n) is 19.2. The molecular weight excluding hydrogens is 876 g/mol. The Labute approximate surface area is 375 Å². The molecule has 3 aromatic heterocycles. The van der Waals surface area contributed by atoms with Crippen LogP contribution in [0.4, 0.5) is 4.79 Å². The monoisotopic (exact) mass is 930 g/mol. The molecule has 7 rings (SSSR count). The van der Waals surface area contributed by atoms with E-state index in [0.29, 0.717) is 57.9 Å². The highest BCUT2D eigenvalue weighted by Gasteiger charge is 2.62. The number of aliphatic hydroxyl groups is 1. The lowest BCUT2D eigenvalue weighted by molar-refractivity contribution is -0.143. The highest BCUT2D eigenvalue weighted by Crippen LogP contribution is 2.48. The molecule has 20 heteroatoms. The number of methoxy groups -OCH3 is 1. The maximum Gasteiger partial charge on any atom is 0.408 e. The molecule has 17 nitrogen and oxygen atoms in total. The third-order valence-electron chi connectivity index (χ3n) is 11.4. The van der Waals surface area contributed by atoms with Crippen molar-refractivity contribution in [2.45, 2.75) is 135 Å². The number of ether oxygens (including phenoxy) is 3. The zero-order valence-electron chi connectivity index (χ0n) is 37.0. The number of fused-ring (bicyclic) bond motifs is 3. The third-order valence-corrected chi connectivity index (χ3v) is 14.8. The number of nitrogens with zero attached hydrogens (tertiary/aromatic N) is 3. The SMILES string of the molecule is CCC1CC1(NC(=O)C1CC(Oc2cc(-c3csc(C(C)(C)O)n3)nc3c2oc2ccc(OC)c(Cl)c23)CN1C(=O)C(NC(=O)OC(C)(C)C)C(C)(C)C)C(=O)NS(=O)(=O)C1CC1. The summed E-state index contributed by atoms with van der Waals surface area (Å²) < 4.78 is 52.0. The molecule has 2 aliphatic carbocycles. The molecular formula is C43H55ClN6O11S2. The minimum absolute atomic E-state index is 0.0801. The first-order chi connectivity index (χ1) is 29.3. The lowest BCUT2D eigenvalue weighted by Gasteiger charge is -2.36. The van der Waals surface area contributed by atoms with Crippen molar-refractivity contribution in [3.8, 4) is 22.9 Å². The zero-order chi connectivity index (χ0) is 46.2. The van der Waals surface area contributed by atoms with Crippen molar-refractivity contribution in [3.63, 3.8) is 0 Å². The van der Waals surface area contributed by atoms with Crippen LogP contribution in [0.2, 0.25) is 5.02 Å². The molecule has 0 radical (unpaired) electrons. The van der Waals surface area contributed by atoms with Crippen molar-refractivity contribution in [3.05, 3.63) is 33.6 Å². The largest absolute Gasteiger partial charge is 0.495 e. The number of sulfonamides is 1. The molecule has 5 atom stereocenters. The van der Waals surface area contributed by atoms with Crippen LogP contribution in [0.15, 0.2) is 28.0 Å². The number of aromatic nitrogens is 2. The van der Waals surface area contributed by atoms with Gasteiger partial charge in [-0.2, -0.15) is 0 Å². The molecule has 4 amide bonds. The molecule has 3 fully saturated rings. The predicted octanol–water partition coefficient (Wildman–Crippen LogP) is 6.17. The molecule has 4 N–H and O–H groups in total. The van der Waals surface area contributed by atoms with Gasteiger partial charge in [0, 0.05) is 17.9 Å². The van der Waals surface area contributed by atoms with Gasteiger partial charge in [0.1, 0.15) is 62.5 Å². The fraction of sp³-hybridized carbons (Fsp3) is 0.581. The fourth-order valence-electron chi connectivity index (χ4n) is 7.87. The second-order valence-corrected chi connectivity index (χ2v) is 22.4. The Balaban J connectivity index is 1.28. The Bertz CT molecular complexity index is 2590. The van der Waals surface area contributed by atoms with Gasteiger partial charge in [-0.15, -0.1) is 11.3 Å². The molecule has 0 bridgehead atoms. The van der Waals surface area contributed by atoms with Crippen LogP contribution in [0.25, 0.3) is 33.5 Å². The zero-order valence-corrected chi connectivity index (χ0v) is 39.4. The summed E-state index contributed by atoms with van der Waals surface area (Å²) in [6, 6.07) is 2.53. The summed E-state index contributed by atoms with van der Waals surface area (Å²) in [5.41, 5.74) is -2.80. The predicted molar refractivity (Wildman–Crippen MR) is 236 cm³/mol. The number of pyridine rings is 1. The van der Waals surface area contributed by atoms with E-state index in [1.807, 2.05) is 6.92 Å². The molecule has 3 aliphatic rings. The quantitative estimate of drug-likeness (QED) is 0.118. The number of carbonyl (C=O) groups is 4. The third kappa shape index (κ3) is 9.42. The second kappa shape index (κ2) is 16.4. The van der Waals surface area contributed by atoms with Crippen molar-refractivity contribution in [1.29, 1.82) is 0 Å². The van der Waals surface area contributed by atoms with Gasteiger partial charge >= 0.3 is 6.09 Å². The molecule has 342 valence electrons. The van der Waals surface area contributed by atoms with E-state index in [1.54, 1.807) is 79.0 Å². The van der Waals surface area contributed by atoms with E-state index in [-0.39, 0.29) is 41.7 Å². The van der Waals surface area contributed by atoms with E-state index in [0.717, 1.165) is 0 Å². The van der Waals surface area contributed by atoms with Crippen LogP contribution < -0.4 is 24.8 Å². The number of amides is 4. The molecule has 4 aromatic rings. The summed E-state index contributed by atoms with van der Waals surface area (Å²) >= 11 is 8.09. The fourth-order valence-corrected chi connectivity index (χ4v) is 10.4. The Morgan fingerprint density at radius 1 is 1.06 bits per heavy atom. The number of thiazole rings is 1. The van der Waals surface area contributed by atoms with Gasteiger partial charge in [-0.25, -0.2) is 23.2 Å². The van der Waals surface area contributed by atoms with Gasteiger partial charge in [-0.05, 0) is 77.3 Å². The minimum Gasteiger partial charge on any atom is -0.495 e. The first-order valence-corrected chi connectivity index (χ1v) is 23.7. The number of furan rings is 1. The average molecular weight is 932 g/mol. The van der Waals surface area contributed by atoms with Crippen molar-refractivity contribution < 1.29 is 51.3 Å². The summed E-state index contributed by atoms with van der Waals surface area (Å²) in [4.78, 5) is 67.3. The molecule has 4 heterocycles. The molecule has 5 unspecified atom stereocenters. The summed E-state index contributed by atoms with van der Waals surface area (Å²) in [6.45, 7) is 15.3. The van der Waals surface area contributed by atoms with E-state index in [9.17, 15) is 32.7 Å².